The van der Waals surface area contributed by atoms with Crippen LogP contribution in [-0.4, -0.2) is 38.6 Å². The van der Waals surface area contributed by atoms with Gasteiger partial charge in [-0.1, -0.05) is 11.6 Å². The Labute approximate surface area is 170 Å². The Bertz CT molecular complexity index is 984. The molecule has 0 aliphatic carbocycles. The van der Waals surface area contributed by atoms with Gasteiger partial charge in [-0.05, 0) is 30.3 Å². The van der Waals surface area contributed by atoms with Crippen molar-refractivity contribution in [1.82, 2.24) is 5.32 Å². The van der Waals surface area contributed by atoms with Crippen LogP contribution < -0.4 is 25.0 Å². The number of halogens is 2. The fourth-order valence-electron chi connectivity index (χ4n) is 2.83. The van der Waals surface area contributed by atoms with E-state index in [2.05, 4.69) is 10.6 Å². The Morgan fingerprint density at radius 3 is 2.55 bits per heavy atom. The van der Waals surface area contributed by atoms with Gasteiger partial charge in [0.05, 0.1) is 24.9 Å². The molecular formula is C19H17ClFN3O5. The summed E-state index contributed by atoms with van der Waals surface area (Å²) in [5.41, 5.74) is 0.441. The van der Waals surface area contributed by atoms with Crippen molar-refractivity contribution in [2.24, 2.45) is 5.92 Å². The number of urea groups is 1. The quantitative estimate of drug-likeness (QED) is 0.723. The molecule has 2 aromatic carbocycles. The molecule has 10 heteroatoms. The van der Waals surface area contributed by atoms with Gasteiger partial charge < -0.3 is 20.1 Å². The molecule has 0 spiro atoms. The lowest BCUT2D eigenvalue weighted by atomic mass is 10.0. The normalized spacial score (nSPS) is 16.3. The maximum atomic E-state index is 13.3. The highest BCUT2D eigenvalue weighted by Gasteiger charge is 2.39. The van der Waals surface area contributed by atoms with E-state index in [9.17, 15) is 18.8 Å². The number of benzene rings is 2. The number of carbonyl (C=O) groups excluding carboxylic acids is 3. The van der Waals surface area contributed by atoms with Crippen molar-refractivity contribution >= 4 is 40.8 Å². The molecule has 29 heavy (non-hydrogen) atoms. The van der Waals surface area contributed by atoms with Crippen molar-refractivity contribution in [1.29, 1.82) is 0 Å². The standard InChI is InChI=1S/C19H17ClFN3O5/c1-28-15-6-4-11(8-16(15)29-2)24-18(26)12(9-22-19(24)27)17(25)23-10-3-5-14(21)13(20)7-10/h3-8,12H,9H2,1-2H3,(H,22,27)(H,23,25). The van der Waals surface area contributed by atoms with E-state index in [1.807, 2.05) is 0 Å². The van der Waals surface area contributed by atoms with Crippen molar-refractivity contribution in [3.63, 3.8) is 0 Å². The summed E-state index contributed by atoms with van der Waals surface area (Å²) in [5.74, 6) is -2.47. The molecular weight excluding hydrogens is 405 g/mol. The van der Waals surface area contributed by atoms with Gasteiger partial charge in [-0.25, -0.2) is 14.1 Å². The number of nitrogens with zero attached hydrogens (tertiary/aromatic N) is 1. The predicted molar refractivity (Wildman–Crippen MR) is 104 cm³/mol. The molecule has 1 aliphatic heterocycles. The minimum Gasteiger partial charge on any atom is -0.493 e. The average molecular weight is 422 g/mol. The molecule has 1 unspecified atom stereocenters. The van der Waals surface area contributed by atoms with Crippen LogP contribution in [0.2, 0.25) is 5.02 Å². The van der Waals surface area contributed by atoms with E-state index in [0.29, 0.717) is 11.5 Å². The number of hydrogen-bond acceptors (Lipinski definition) is 5. The SMILES string of the molecule is COc1ccc(N2C(=O)NCC(C(=O)Nc3ccc(F)c(Cl)c3)C2=O)cc1OC. The molecule has 1 heterocycles. The molecule has 152 valence electrons. The summed E-state index contributed by atoms with van der Waals surface area (Å²) in [7, 11) is 2.88. The van der Waals surface area contributed by atoms with E-state index in [4.69, 9.17) is 21.1 Å². The smallest absolute Gasteiger partial charge is 0.328 e. The highest BCUT2D eigenvalue weighted by atomic mass is 35.5. The van der Waals surface area contributed by atoms with Crippen molar-refractivity contribution in [2.45, 2.75) is 0 Å². The number of rotatable bonds is 5. The van der Waals surface area contributed by atoms with E-state index < -0.39 is 29.6 Å². The third kappa shape index (κ3) is 4.09. The van der Waals surface area contributed by atoms with E-state index in [1.165, 1.54) is 38.5 Å². The number of amides is 4. The van der Waals surface area contributed by atoms with Crippen LogP contribution in [0.5, 0.6) is 11.5 Å². The molecule has 3 rings (SSSR count). The van der Waals surface area contributed by atoms with Crippen molar-refractivity contribution in [3.8, 4) is 11.5 Å². The van der Waals surface area contributed by atoms with Gasteiger partial charge in [0.1, 0.15) is 11.7 Å². The molecule has 4 amide bonds. The fraction of sp³-hybridized carbons (Fsp3) is 0.211. The van der Waals surface area contributed by atoms with Crippen molar-refractivity contribution < 1.29 is 28.2 Å². The Kier molecular flexibility index (Phi) is 5.88. The summed E-state index contributed by atoms with van der Waals surface area (Å²) >= 11 is 5.71. The summed E-state index contributed by atoms with van der Waals surface area (Å²) in [5, 5.41) is 4.85. The second-order valence-corrected chi connectivity index (χ2v) is 6.48. The molecule has 0 radical (unpaired) electrons. The summed E-state index contributed by atoms with van der Waals surface area (Å²) in [4.78, 5) is 38.6. The van der Waals surface area contributed by atoms with Gasteiger partial charge in [0.2, 0.25) is 11.8 Å². The zero-order valence-electron chi connectivity index (χ0n) is 15.5. The van der Waals surface area contributed by atoms with Crippen molar-refractivity contribution in [3.05, 3.63) is 47.2 Å². The number of methoxy groups -OCH3 is 2. The van der Waals surface area contributed by atoms with E-state index in [-0.39, 0.29) is 22.9 Å². The lowest BCUT2D eigenvalue weighted by Gasteiger charge is -2.31. The Morgan fingerprint density at radius 1 is 1.17 bits per heavy atom. The molecule has 1 aliphatic rings. The Hall–Kier alpha value is -3.33. The number of carbonyl (C=O) groups is 3. The maximum Gasteiger partial charge on any atom is 0.328 e. The first-order valence-corrected chi connectivity index (χ1v) is 8.83. The molecule has 2 N–H and O–H groups in total. The monoisotopic (exact) mass is 421 g/mol. The number of ether oxygens (including phenoxy) is 2. The molecule has 0 saturated carbocycles. The first-order valence-electron chi connectivity index (χ1n) is 8.45. The van der Waals surface area contributed by atoms with Gasteiger partial charge in [-0.15, -0.1) is 0 Å². The average Bonchev–Trinajstić information content (AvgIpc) is 2.70. The lowest BCUT2D eigenvalue weighted by Crippen LogP contribution is -2.58. The highest BCUT2D eigenvalue weighted by molar-refractivity contribution is 6.31. The van der Waals surface area contributed by atoms with Crippen LogP contribution >= 0.6 is 11.6 Å². The van der Waals surface area contributed by atoms with Crippen LogP contribution in [0.25, 0.3) is 0 Å². The summed E-state index contributed by atoms with van der Waals surface area (Å²) in [6, 6.07) is 7.47. The minimum atomic E-state index is -1.19. The predicted octanol–water partition coefficient (Wildman–Crippen LogP) is 2.81. The molecule has 0 aromatic heterocycles. The lowest BCUT2D eigenvalue weighted by molar-refractivity contribution is -0.130. The molecule has 0 bridgehead atoms. The Morgan fingerprint density at radius 2 is 1.90 bits per heavy atom. The molecule has 1 saturated heterocycles. The van der Waals surface area contributed by atoms with Crippen LogP contribution in [0.15, 0.2) is 36.4 Å². The topological polar surface area (TPSA) is 97.0 Å². The summed E-state index contributed by atoms with van der Waals surface area (Å²) in [6.45, 7) is -0.178. The van der Waals surface area contributed by atoms with Gasteiger partial charge in [-0.3, -0.25) is 9.59 Å². The zero-order valence-corrected chi connectivity index (χ0v) is 16.2. The second kappa shape index (κ2) is 8.36. The van der Waals surface area contributed by atoms with E-state index in [0.717, 1.165) is 11.0 Å². The van der Waals surface area contributed by atoms with Gasteiger partial charge in [0, 0.05) is 18.3 Å². The van der Waals surface area contributed by atoms with Gasteiger partial charge in [0.25, 0.3) is 0 Å². The number of anilines is 2. The summed E-state index contributed by atoms with van der Waals surface area (Å²) < 4.78 is 23.6. The number of nitrogens with one attached hydrogen (secondary N) is 2. The molecule has 1 fully saturated rings. The minimum absolute atomic E-state index is 0.168. The number of imide groups is 1. The van der Waals surface area contributed by atoms with Crippen LogP contribution in [0.3, 0.4) is 0 Å². The largest absolute Gasteiger partial charge is 0.493 e. The fourth-order valence-corrected chi connectivity index (χ4v) is 3.01. The van der Waals surface area contributed by atoms with Crippen LogP contribution in [0.4, 0.5) is 20.6 Å². The number of hydrogen-bond donors (Lipinski definition) is 2. The second-order valence-electron chi connectivity index (χ2n) is 6.07. The maximum absolute atomic E-state index is 13.3. The summed E-state index contributed by atoms with van der Waals surface area (Å²) in [6.07, 6.45) is 0. The first kappa shape index (κ1) is 20.4. The third-order valence-electron chi connectivity index (χ3n) is 4.31. The molecule has 8 nitrogen and oxygen atoms in total. The highest BCUT2D eigenvalue weighted by Crippen LogP contribution is 2.33. The third-order valence-corrected chi connectivity index (χ3v) is 4.60. The zero-order chi connectivity index (χ0) is 21.1. The van der Waals surface area contributed by atoms with Gasteiger partial charge in [-0.2, -0.15) is 0 Å². The Balaban J connectivity index is 1.84. The van der Waals surface area contributed by atoms with Crippen LogP contribution in [0.1, 0.15) is 0 Å². The first-order chi connectivity index (χ1) is 13.8. The van der Waals surface area contributed by atoms with Gasteiger partial charge in [0.15, 0.2) is 11.5 Å². The van der Waals surface area contributed by atoms with Gasteiger partial charge >= 0.3 is 6.03 Å². The molecule has 1 atom stereocenters. The van der Waals surface area contributed by atoms with Crippen LogP contribution in [0, 0.1) is 11.7 Å². The molecule has 2 aromatic rings. The van der Waals surface area contributed by atoms with E-state index >= 15 is 0 Å². The van der Waals surface area contributed by atoms with Crippen LogP contribution in [-0.2, 0) is 9.59 Å². The van der Waals surface area contributed by atoms with Crippen molar-refractivity contribution in [2.75, 3.05) is 31.0 Å². The van der Waals surface area contributed by atoms with E-state index in [1.54, 1.807) is 6.07 Å².